The topological polar surface area (TPSA) is 69.7 Å². The van der Waals surface area contributed by atoms with Gasteiger partial charge in [-0.2, -0.15) is 4.31 Å². The zero-order valence-corrected chi connectivity index (χ0v) is 17.6. The van der Waals surface area contributed by atoms with Crippen molar-refractivity contribution in [2.24, 2.45) is 0 Å². The molecular formula is C21H24ClN3O3S. The number of carbonyl (C=O) groups excluding carboxylic acids is 1. The van der Waals surface area contributed by atoms with Crippen molar-refractivity contribution in [2.75, 3.05) is 43.4 Å². The number of rotatable bonds is 7. The molecule has 1 saturated heterocycles. The summed E-state index contributed by atoms with van der Waals surface area (Å²) >= 11 is 5.92. The van der Waals surface area contributed by atoms with Crippen LogP contribution in [0.3, 0.4) is 0 Å². The Bertz CT molecular complexity index is 939. The van der Waals surface area contributed by atoms with E-state index in [1.807, 2.05) is 54.6 Å². The average molecular weight is 434 g/mol. The summed E-state index contributed by atoms with van der Waals surface area (Å²) in [6, 6.07) is 17.0. The molecule has 2 aromatic carbocycles. The van der Waals surface area contributed by atoms with Gasteiger partial charge in [-0.3, -0.25) is 4.79 Å². The van der Waals surface area contributed by atoms with Gasteiger partial charge in [-0.25, -0.2) is 8.42 Å². The summed E-state index contributed by atoms with van der Waals surface area (Å²) in [5.41, 5.74) is 1.94. The van der Waals surface area contributed by atoms with E-state index in [2.05, 4.69) is 10.2 Å². The Morgan fingerprint density at radius 2 is 1.66 bits per heavy atom. The van der Waals surface area contributed by atoms with Crippen molar-refractivity contribution in [3.05, 3.63) is 71.3 Å². The van der Waals surface area contributed by atoms with Crippen molar-refractivity contribution in [3.8, 4) is 0 Å². The van der Waals surface area contributed by atoms with E-state index in [9.17, 15) is 13.2 Å². The molecule has 0 atom stereocenters. The van der Waals surface area contributed by atoms with E-state index < -0.39 is 10.0 Å². The summed E-state index contributed by atoms with van der Waals surface area (Å²) in [7, 11) is -3.41. The third-order valence-electron chi connectivity index (χ3n) is 4.71. The minimum atomic E-state index is -3.41. The molecule has 8 heteroatoms. The molecule has 0 bridgehead atoms. The lowest BCUT2D eigenvalue weighted by Gasteiger charge is -2.35. The van der Waals surface area contributed by atoms with Crippen LogP contribution in [0.15, 0.2) is 60.7 Å². The molecule has 29 heavy (non-hydrogen) atoms. The van der Waals surface area contributed by atoms with Crippen LogP contribution in [0.2, 0.25) is 5.02 Å². The van der Waals surface area contributed by atoms with Gasteiger partial charge in [0.05, 0.1) is 5.75 Å². The minimum Gasteiger partial charge on any atom is -0.369 e. The molecule has 1 amide bonds. The Morgan fingerprint density at radius 1 is 1.00 bits per heavy atom. The maximum atomic E-state index is 12.6. The lowest BCUT2D eigenvalue weighted by molar-refractivity contribution is -0.116. The number of hydrogen-bond donors (Lipinski definition) is 1. The van der Waals surface area contributed by atoms with Crippen molar-refractivity contribution in [2.45, 2.75) is 0 Å². The molecule has 0 aromatic heterocycles. The monoisotopic (exact) mass is 433 g/mol. The van der Waals surface area contributed by atoms with Crippen molar-refractivity contribution in [1.82, 2.24) is 9.62 Å². The number of nitrogens with zero attached hydrogens (tertiary/aromatic N) is 2. The number of benzene rings is 2. The van der Waals surface area contributed by atoms with Gasteiger partial charge in [0.25, 0.3) is 0 Å². The second kappa shape index (κ2) is 9.91. The molecule has 1 aliphatic heterocycles. The lowest BCUT2D eigenvalue weighted by atomic mass is 10.2. The zero-order valence-electron chi connectivity index (χ0n) is 16.0. The molecule has 0 radical (unpaired) electrons. The maximum absolute atomic E-state index is 12.6. The van der Waals surface area contributed by atoms with Crippen LogP contribution in [-0.4, -0.2) is 57.1 Å². The number of amides is 1. The highest BCUT2D eigenvalue weighted by Gasteiger charge is 2.26. The number of anilines is 1. The Balaban J connectivity index is 1.43. The number of hydrogen-bond acceptors (Lipinski definition) is 4. The van der Waals surface area contributed by atoms with Crippen molar-refractivity contribution in [1.29, 1.82) is 0 Å². The number of carbonyl (C=O) groups is 1. The van der Waals surface area contributed by atoms with E-state index in [0.29, 0.717) is 31.2 Å². The number of sulfonamides is 1. The third kappa shape index (κ3) is 6.32. The first-order valence-electron chi connectivity index (χ1n) is 9.43. The molecule has 0 aliphatic carbocycles. The van der Waals surface area contributed by atoms with E-state index in [-0.39, 0.29) is 18.2 Å². The van der Waals surface area contributed by atoms with Crippen molar-refractivity contribution in [3.63, 3.8) is 0 Å². The normalized spacial score (nSPS) is 15.6. The molecule has 6 nitrogen and oxygen atoms in total. The lowest BCUT2D eigenvalue weighted by Crippen LogP contribution is -2.50. The molecule has 3 rings (SSSR count). The SMILES string of the molecule is O=C(/C=C\c1ccccc1)NCCS(=O)(=O)N1CCN(c2ccc(Cl)cc2)CC1. The van der Waals surface area contributed by atoms with Gasteiger partial charge in [-0.15, -0.1) is 0 Å². The zero-order chi connectivity index (χ0) is 20.7. The van der Waals surface area contributed by atoms with E-state index >= 15 is 0 Å². The van der Waals surface area contributed by atoms with Gasteiger partial charge in [0.2, 0.25) is 15.9 Å². The first-order valence-corrected chi connectivity index (χ1v) is 11.4. The number of nitrogens with one attached hydrogen (secondary N) is 1. The number of piperazine rings is 1. The summed E-state index contributed by atoms with van der Waals surface area (Å²) in [4.78, 5) is 14.0. The van der Waals surface area contributed by atoms with Crippen LogP contribution >= 0.6 is 11.6 Å². The summed E-state index contributed by atoms with van der Waals surface area (Å²) < 4.78 is 26.6. The highest BCUT2D eigenvalue weighted by atomic mass is 35.5. The Hall–Kier alpha value is -2.35. The van der Waals surface area contributed by atoms with E-state index in [1.165, 1.54) is 10.4 Å². The van der Waals surface area contributed by atoms with E-state index in [0.717, 1.165) is 11.3 Å². The molecule has 154 valence electrons. The fraction of sp³-hybridized carbons (Fsp3) is 0.286. The summed E-state index contributed by atoms with van der Waals surface area (Å²) in [6.07, 6.45) is 3.10. The predicted octanol–water partition coefficient (Wildman–Crippen LogP) is 2.62. The van der Waals surface area contributed by atoms with Gasteiger partial charge in [0, 0.05) is 49.5 Å². The van der Waals surface area contributed by atoms with Crippen LogP contribution in [0.25, 0.3) is 6.08 Å². The predicted molar refractivity (Wildman–Crippen MR) is 118 cm³/mol. The van der Waals surface area contributed by atoms with Gasteiger partial charge < -0.3 is 10.2 Å². The van der Waals surface area contributed by atoms with Gasteiger partial charge in [-0.1, -0.05) is 41.9 Å². The first kappa shape index (κ1) is 21.4. The molecule has 0 unspecified atom stereocenters. The van der Waals surface area contributed by atoms with Gasteiger partial charge in [-0.05, 0) is 35.9 Å². The van der Waals surface area contributed by atoms with E-state index in [1.54, 1.807) is 6.08 Å². The molecule has 1 fully saturated rings. The molecule has 1 aliphatic rings. The van der Waals surface area contributed by atoms with Gasteiger partial charge in [0.1, 0.15) is 0 Å². The standard InChI is InChI=1S/C21H24ClN3O3S/c22-19-7-9-20(10-8-19)24-13-15-25(16-14-24)29(27,28)17-12-23-21(26)11-6-18-4-2-1-3-5-18/h1-11H,12-17H2,(H,23,26)/b11-6-. The highest BCUT2D eigenvalue weighted by molar-refractivity contribution is 7.89. The van der Waals surface area contributed by atoms with E-state index in [4.69, 9.17) is 11.6 Å². The molecule has 1 heterocycles. The smallest absolute Gasteiger partial charge is 0.244 e. The fourth-order valence-electron chi connectivity index (χ4n) is 3.10. The van der Waals surface area contributed by atoms with Crippen molar-refractivity contribution < 1.29 is 13.2 Å². The minimum absolute atomic E-state index is 0.0810. The molecule has 2 aromatic rings. The van der Waals surface area contributed by atoms with Crippen LogP contribution in [0.1, 0.15) is 5.56 Å². The Morgan fingerprint density at radius 3 is 2.31 bits per heavy atom. The van der Waals surface area contributed by atoms with Gasteiger partial charge >= 0.3 is 0 Å². The Labute approximate surface area is 176 Å². The van der Waals surface area contributed by atoms with Crippen LogP contribution in [0.4, 0.5) is 5.69 Å². The third-order valence-corrected chi connectivity index (χ3v) is 6.83. The Kier molecular flexibility index (Phi) is 7.30. The van der Waals surface area contributed by atoms with Crippen molar-refractivity contribution >= 4 is 39.3 Å². The van der Waals surface area contributed by atoms with Gasteiger partial charge in [0.15, 0.2) is 0 Å². The highest BCUT2D eigenvalue weighted by Crippen LogP contribution is 2.20. The number of halogens is 1. The quantitative estimate of drug-likeness (QED) is 0.681. The molecule has 1 N–H and O–H groups in total. The second-order valence-electron chi connectivity index (χ2n) is 6.71. The van der Waals surface area contributed by atoms with Crippen LogP contribution in [0.5, 0.6) is 0 Å². The fourth-order valence-corrected chi connectivity index (χ4v) is 4.57. The van der Waals surface area contributed by atoms with Crippen LogP contribution < -0.4 is 10.2 Å². The maximum Gasteiger partial charge on any atom is 0.244 e. The largest absolute Gasteiger partial charge is 0.369 e. The van der Waals surface area contributed by atoms with Crippen LogP contribution in [0, 0.1) is 0 Å². The first-order chi connectivity index (χ1) is 13.9. The summed E-state index contributed by atoms with van der Waals surface area (Å²) in [6.45, 7) is 2.16. The molecule has 0 spiro atoms. The average Bonchev–Trinajstić information content (AvgIpc) is 2.73. The summed E-state index contributed by atoms with van der Waals surface area (Å²) in [5, 5.41) is 3.31. The summed E-state index contributed by atoms with van der Waals surface area (Å²) in [5.74, 6) is -0.421. The molecular weight excluding hydrogens is 410 g/mol. The second-order valence-corrected chi connectivity index (χ2v) is 9.24. The van der Waals surface area contributed by atoms with Crippen LogP contribution in [-0.2, 0) is 14.8 Å². The molecule has 0 saturated carbocycles.